The number of amides is 1. The number of anilines is 2. The first kappa shape index (κ1) is 25.0. The number of hydrogen-bond acceptors (Lipinski definition) is 7. The highest BCUT2D eigenvalue weighted by Gasteiger charge is 2.30. The third-order valence-electron chi connectivity index (χ3n) is 6.44. The number of ether oxygens (including phenoxy) is 2. The van der Waals surface area contributed by atoms with Crippen molar-refractivity contribution < 1.29 is 24.2 Å². The molecule has 182 valence electrons. The predicted molar refractivity (Wildman–Crippen MR) is 128 cm³/mol. The number of pyridine rings is 1. The first-order chi connectivity index (χ1) is 15.6. The van der Waals surface area contributed by atoms with Crippen molar-refractivity contribution in [3.8, 4) is 0 Å². The van der Waals surface area contributed by atoms with Crippen molar-refractivity contribution in [2.45, 2.75) is 78.2 Å². The number of aromatic nitrogens is 2. The number of aliphatic hydroxyl groups is 1. The van der Waals surface area contributed by atoms with Gasteiger partial charge in [0.25, 0.3) is 0 Å². The zero-order valence-corrected chi connectivity index (χ0v) is 20.4. The van der Waals surface area contributed by atoms with Crippen LogP contribution < -0.4 is 10.6 Å². The number of hydrogen-bond donors (Lipinski definition) is 3. The third kappa shape index (κ3) is 5.47. The van der Waals surface area contributed by atoms with Crippen LogP contribution in [-0.2, 0) is 20.8 Å². The van der Waals surface area contributed by atoms with Gasteiger partial charge in [0.05, 0.1) is 49.0 Å². The van der Waals surface area contributed by atoms with Crippen LogP contribution in [0, 0.1) is 5.92 Å². The first-order valence-electron chi connectivity index (χ1n) is 11.6. The number of nitrogens with one attached hydrogen (secondary N) is 2. The van der Waals surface area contributed by atoms with Gasteiger partial charge in [-0.15, -0.1) is 0 Å². The summed E-state index contributed by atoms with van der Waals surface area (Å²) in [6, 6.07) is 1.58. The van der Waals surface area contributed by atoms with Crippen LogP contribution in [0.3, 0.4) is 0 Å². The summed E-state index contributed by atoms with van der Waals surface area (Å²) in [6.07, 6.45) is 4.14. The summed E-state index contributed by atoms with van der Waals surface area (Å²) in [5.41, 5.74) is 0.909. The summed E-state index contributed by atoms with van der Waals surface area (Å²) in [4.78, 5) is 30.4. The van der Waals surface area contributed by atoms with Crippen molar-refractivity contribution >= 4 is 34.3 Å². The van der Waals surface area contributed by atoms with E-state index in [1.807, 2.05) is 26.8 Å². The minimum Gasteiger partial charge on any atom is -0.464 e. The molecule has 2 aromatic rings. The summed E-state index contributed by atoms with van der Waals surface area (Å²) in [5, 5.41) is 17.2. The summed E-state index contributed by atoms with van der Waals surface area (Å²) in [5.74, 6) is -0.955. The average Bonchev–Trinajstić information content (AvgIpc) is 3.38. The Bertz CT molecular complexity index is 1000. The lowest BCUT2D eigenvalue weighted by atomic mass is 10.0. The van der Waals surface area contributed by atoms with E-state index < -0.39 is 11.6 Å². The van der Waals surface area contributed by atoms with Gasteiger partial charge in [-0.05, 0) is 46.1 Å². The summed E-state index contributed by atoms with van der Waals surface area (Å²) >= 11 is 0. The number of nitrogens with zero attached hydrogens (tertiary/aromatic N) is 2. The molecule has 3 heterocycles. The van der Waals surface area contributed by atoms with Gasteiger partial charge in [0.15, 0.2) is 5.69 Å². The van der Waals surface area contributed by atoms with Crippen molar-refractivity contribution in [3.63, 3.8) is 0 Å². The van der Waals surface area contributed by atoms with Gasteiger partial charge in [0.1, 0.15) is 5.65 Å². The Morgan fingerprint density at radius 2 is 2.12 bits per heavy atom. The highest BCUT2D eigenvalue weighted by atomic mass is 16.5. The van der Waals surface area contributed by atoms with Crippen LogP contribution in [-0.4, -0.2) is 58.0 Å². The Labute approximate surface area is 194 Å². The normalized spacial score (nSPS) is 18.2. The highest BCUT2D eigenvalue weighted by molar-refractivity contribution is 6.11. The molecule has 0 unspecified atom stereocenters. The van der Waals surface area contributed by atoms with Gasteiger partial charge in [-0.25, -0.2) is 9.78 Å². The molecular formula is C24H36N4O5. The van der Waals surface area contributed by atoms with Gasteiger partial charge in [-0.2, -0.15) is 0 Å². The van der Waals surface area contributed by atoms with E-state index in [1.165, 1.54) is 7.11 Å². The molecule has 1 amide bonds. The third-order valence-corrected chi connectivity index (χ3v) is 6.44. The molecule has 3 rings (SSSR count). The fourth-order valence-electron chi connectivity index (χ4n) is 3.77. The Morgan fingerprint density at radius 3 is 2.70 bits per heavy atom. The van der Waals surface area contributed by atoms with E-state index in [9.17, 15) is 14.7 Å². The number of carbonyl (C=O) groups is 2. The molecular weight excluding hydrogens is 424 g/mol. The van der Waals surface area contributed by atoms with Gasteiger partial charge in [0.2, 0.25) is 5.91 Å². The van der Waals surface area contributed by atoms with Crippen LogP contribution in [0.4, 0.5) is 11.4 Å². The van der Waals surface area contributed by atoms with Crippen LogP contribution in [0.15, 0.2) is 12.3 Å². The van der Waals surface area contributed by atoms with E-state index in [0.717, 1.165) is 12.8 Å². The second-order valence-corrected chi connectivity index (χ2v) is 9.37. The fraction of sp³-hybridized carbons (Fsp3) is 0.625. The molecule has 3 atom stereocenters. The number of fused-ring (bicyclic) bond motifs is 1. The molecule has 3 N–H and O–H groups in total. The van der Waals surface area contributed by atoms with E-state index >= 15 is 0 Å². The molecule has 2 aromatic heterocycles. The van der Waals surface area contributed by atoms with Crippen molar-refractivity contribution in [1.29, 1.82) is 0 Å². The predicted octanol–water partition coefficient (Wildman–Crippen LogP) is 3.56. The molecule has 9 heteroatoms. The van der Waals surface area contributed by atoms with Crippen molar-refractivity contribution in [1.82, 2.24) is 9.55 Å². The maximum Gasteiger partial charge on any atom is 0.356 e. The molecule has 33 heavy (non-hydrogen) atoms. The molecule has 1 aliphatic heterocycles. The minimum atomic E-state index is -0.953. The Balaban J connectivity index is 2.15. The molecule has 0 aliphatic carbocycles. The van der Waals surface area contributed by atoms with Crippen LogP contribution in [0.2, 0.25) is 0 Å². The van der Waals surface area contributed by atoms with Crippen molar-refractivity contribution in [2.24, 2.45) is 5.92 Å². The zero-order chi connectivity index (χ0) is 24.3. The van der Waals surface area contributed by atoms with Crippen LogP contribution in [0.5, 0.6) is 0 Å². The number of esters is 1. The first-order valence-corrected chi connectivity index (χ1v) is 11.6. The Morgan fingerprint density at radius 1 is 1.39 bits per heavy atom. The SMILES string of the molecule is CC[C@@H](C)C(=O)Nc1c(C(=O)OC)n(C[C@@H]2CCCO2)c2ncc(N[C@H](C)C(C)(C)O)cc12. The highest BCUT2D eigenvalue weighted by Crippen LogP contribution is 2.34. The van der Waals surface area contributed by atoms with E-state index in [2.05, 4.69) is 15.6 Å². The molecule has 1 fully saturated rings. The maximum atomic E-state index is 12.9. The largest absolute Gasteiger partial charge is 0.464 e. The lowest BCUT2D eigenvalue weighted by molar-refractivity contribution is -0.119. The standard InChI is InChI=1S/C24H36N4O5/c1-7-14(2)22(29)27-19-18-11-16(26-15(3)24(4,5)31)12-25-21(18)28(20(19)23(30)32-6)13-17-9-8-10-33-17/h11-12,14-15,17,26,31H,7-10,13H2,1-6H3,(H,27,29)/t14-,15-,17+/m1/s1. The molecule has 0 radical (unpaired) electrons. The van der Waals surface area contributed by atoms with Gasteiger partial charge in [-0.3, -0.25) is 4.79 Å². The number of carbonyl (C=O) groups excluding carboxylic acids is 2. The van der Waals surface area contributed by atoms with E-state index in [0.29, 0.717) is 42.0 Å². The smallest absolute Gasteiger partial charge is 0.356 e. The summed E-state index contributed by atoms with van der Waals surface area (Å²) in [7, 11) is 1.32. The van der Waals surface area contributed by atoms with E-state index in [1.54, 1.807) is 24.6 Å². The molecule has 1 aliphatic rings. The molecule has 1 saturated heterocycles. The quantitative estimate of drug-likeness (QED) is 0.490. The van der Waals surface area contributed by atoms with Crippen LogP contribution >= 0.6 is 0 Å². The monoisotopic (exact) mass is 460 g/mol. The topological polar surface area (TPSA) is 115 Å². The van der Waals surface area contributed by atoms with Crippen LogP contribution in [0.25, 0.3) is 11.0 Å². The maximum absolute atomic E-state index is 12.9. The van der Waals surface area contributed by atoms with Crippen molar-refractivity contribution in [3.05, 3.63) is 18.0 Å². The van der Waals surface area contributed by atoms with Gasteiger partial charge in [0, 0.05) is 17.9 Å². The lowest BCUT2D eigenvalue weighted by Crippen LogP contribution is -2.39. The van der Waals surface area contributed by atoms with E-state index in [4.69, 9.17) is 9.47 Å². The number of rotatable bonds is 9. The van der Waals surface area contributed by atoms with E-state index in [-0.39, 0.29) is 29.7 Å². The van der Waals surface area contributed by atoms with Crippen LogP contribution in [0.1, 0.15) is 64.4 Å². The fourth-order valence-corrected chi connectivity index (χ4v) is 3.77. The van der Waals surface area contributed by atoms with Gasteiger partial charge in [-0.1, -0.05) is 13.8 Å². The lowest BCUT2D eigenvalue weighted by Gasteiger charge is -2.27. The molecule has 0 aromatic carbocycles. The van der Waals surface area contributed by atoms with Gasteiger partial charge < -0.3 is 29.8 Å². The van der Waals surface area contributed by atoms with Crippen molar-refractivity contribution in [2.75, 3.05) is 24.4 Å². The van der Waals surface area contributed by atoms with Gasteiger partial charge >= 0.3 is 5.97 Å². The molecule has 0 bridgehead atoms. The summed E-state index contributed by atoms with van der Waals surface area (Å²) < 4.78 is 12.7. The number of methoxy groups -OCH3 is 1. The average molecular weight is 461 g/mol. The molecule has 0 saturated carbocycles. The summed E-state index contributed by atoms with van der Waals surface area (Å²) in [6.45, 7) is 10.2. The Kier molecular flexibility index (Phi) is 7.64. The minimum absolute atomic E-state index is 0.0445. The zero-order valence-electron chi connectivity index (χ0n) is 20.4. The molecule has 9 nitrogen and oxygen atoms in total. The second kappa shape index (κ2) is 10.1. The molecule has 0 spiro atoms. The second-order valence-electron chi connectivity index (χ2n) is 9.37. The Hall–Kier alpha value is -2.65.